The van der Waals surface area contributed by atoms with Crippen LogP contribution in [0.2, 0.25) is 0 Å². The molecule has 1 aromatic rings. The van der Waals surface area contributed by atoms with Gasteiger partial charge in [0.25, 0.3) is 10.2 Å². The van der Waals surface area contributed by atoms with Crippen LogP contribution >= 0.6 is 0 Å². The summed E-state index contributed by atoms with van der Waals surface area (Å²) in [4.78, 5) is 4.21. The number of nitrogens with one attached hydrogen (secondary N) is 1. The number of rotatable bonds is 4. The van der Waals surface area contributed by atoms with Crippen molar-refractivity contribution >= 4 is 10.2 Å². The second kappa shape index (κ2) is 4.71. The Morgan fingerprint density at radius 1 is 1.41 bits per heavy atom. The Morgan fingerprint density at radius 2 is 2.18 bits per heavy atom. The molecular weight excluding hydrogens is 242 g/mol. The zero-order valence-electron chi connectivity index (χ0n) is 10.0. The van der Waals surface area contributed by atoms with Crippen molar-refractivity contribution in [2.24, 2.45) is 0 Å². The second-order valence-corrected chi connectivity index (χ2v) is 5.79. The van der Waals surface area contributed by atoms with Gasteiger partial charge in [0.1, 0.15) is 11.6 Å². The van der Waals surface area contributed by atoms with E-state index in [1.54, 1.807) is 11.6 Å². The van der Waals surface area contributed by atoms with Gasteiger partial charge in [-0.15, -0.1) is 0 Å². The van der Waals surface area contributed by atoms with Gasteiger partial charge in [0.2, 0.25) is 0 Å². The first-order valence-corrected chi connectivity index (χ1v) is 7.12. The molecule has 0 bridgehead atoms. The zero-order chi connectivity index (χ0) is 12.5. The van der Waals surface area contributed by atoms with Crippen molar-refractivity contribution < 1.29 is 8.42 Å². The molecule has 0 aromatic carbocycles. The summed E-state index contributed by atoms with van der Waals surface area (Å²) in [6.45, 7) is 5.49. The Labute approximate surface area is 101 Å². The van der Waals surface area contributed by atoms with E-state index in [0.717, 1.165) is 6.42 Å². The lowest BCUT2D eigenvalue weighted by Crippen LogP contribution is -2.45. The number of aryl methyl sites for hydroxylation is 1. The normalized spacial score (nSPS) is 17.1. The van der Waals surface area contributed by atoms with Gasteiger partial charge >= 0.3 is 0 Å². The van der Waals surface area contributed by atoms with Gasteiger partial charge in [-0.3, -0.25) is 0 Å². The monoisotopic (exact) mass is 259 g/mol. The molecule has 7 nitrogen and oxygen atoms in total. The van der Waals surface area contributed by atoms with Crippen molar-refractivity contribution in [3.8, 4) is 0 Å². The summed E-state index contributed by atoms with van der Waals surface area (Å²) in [5.74, 6) is 1.39. The minimum Gasteiger partial charge on any atom is -0.247 e. The maximum Gasteiger partial charge on any atom is 0.279 e. The fraction of sp³-hybridized carbons (Fsp3) is 0.778. The highest BCUT2D eigenvalue weighted by atomic mass is 32.2. The predicted molar refractivity (Wildman–Crippen MR) is 62.4 cm³/mol. The molecule has 0 fully saturated rings. The lowest BCUT2D eigenvalue weighted by atomic mass is 10.4. The summed E-state index contributed by atoms with van der Waals surface area (Å²) in [7, 11) is -3.38. The van der Waals surface area contributed by atoms with Crippen molar-refractivity contribution in [3.05, 3.63) is 11.6 Å². The Bertz CT molecular complexity index is 495. The molecule has 0 saturated heterocycles. The summed E-state index contributed by atoms with van der Waals surface area (Å²) >= 11 is 0. The van der Waals surface area contributed by atoms with Crippen molar-refractivity contribution in [1.29, 1.82) is 0 Å². The van der Waals surface area contributed by atoms with E-state index in [1.165, 1.54) is 4.31 Å². The van der Waals surface area contributed by atoms with Gasteiger partial charge in [0.05, 0.1) is 13.1 Å². The smallest absolute Gasteiger partial charge is 0.247 e. The standard InChI is InChI=1S/C9H17N5O2S/c1-3-4-10-17(15,16)13-5-6-14-9(7-13)11-8(2)12-14/h10H,3-7H2,1-2H3. The number of hydrogen-bond acceptors (Lipinski definition) is 4. The molecule has 0 atom stereocenters. The quantitative estimate of drug-likeness (QED) is 0.801. The van der Waals surface area contributed by atoms with E-state index < -0.39 is 10.2 Å². The molecule has 2 heterocycles. The van der Waals surface area contributed by atoms with Crippen LogP contribution in [0.15, 0.2) is 0 Å². The van der Waals surface area contributed by atoms with Crippen molar-refractivity contribution in [2.75, 3.05) is 13.1 Å². The molecule has 0 radical (unpaired) electrons. The molecule has 2 rings (SSSR count). The maximum atomic E-state index is 11.9. The highest BCUT2D eigenvalue weighted by Crippen LogP contribution is 2.12. The molecule has 0 unspecified atom stereocenters. The minimum atomic E-state index is -3.38. The van der Waals surface area contributed by atoms with Crippen LogP contribution in [0.5, 0.6) is 0 Å². The van der Waals surface area contributed by atoms with E-state index in [0.29, 0.717) is 37.8 Å². The van der Waals surface area contributed by atoms with Gasteiger partial charge < -0.3 is 0 Å². The van der Waals surface area contributed by atoms with E-state index in [2.05, 4.69) is 14.8 Å². The summed E-state index contributed by atoms with van der Waals surface area (Å²) in [5.41, 5.74) is 0. The Balaban J connectivity index is 2.11. The molecule has 1 aliphatic heterocycles. The molecule has 0 amide bonds. The molecule has 96 valence electrons. The Morgan fingerprint density at radius 3 is 2.88 bits per heavy atom. The average Bonchev–Trinajstić information content (AvgIpc) is 2.65. The highest BCUT2D eigenvalue weighted by molar-refractivity contribution is 7.87. The molecule has 1 N–H and O–H groups in total. The summed E-state index contributed by atoms with van der Waals surface area (Å²) < 4.78 is 29.6. The second-order valence-electron chi connectivity index (χ2n) is 4.03. The average molecular weight is 259 g/mol. The van der Waals surface area contributed by atoms with Gasteiger partial charge in [0.15, 0.2) is 0 Å². The van der Waals surface area contributed by atoms with E-state index in [-0.39, 0.29) is 0 Å². The number of aromatic nitrogens is 3. The number of hydrogen-bond donors (Lipinski definition) is 1. The van der Waals surface area contributed by atoms with Gasteiger partial charge in [-0.2, -0.15) is 17.8 Å². The number of nitrogens with zero attached hydrogens (tertiary/aromatic N) is 4. The molecular formula is C9H17N5O2S. The first-order valence-electron chi connectivity index (χ1n) is 5.68. The Kier molecular flexibility index (Phi) is 3.45. The van der Waals surface area contributed by atoms with Crippen LogP contribution in [-0.4, -0.2) is 40.6 Å². The first-order chi connectivity index (χ1) is 8.03. The van der Waals surface area contributed by atoms with Crippen LogP contribution in [0.1, 0.15) is 25.0 Å². The molecule has 8 heteroatoms. The third-order valence-electron chi connectivity index (χ3n) is 2.61. The van der Waals surface area contributed by atoms with Gasteiger partial charge in [-0.25, -0.2) is 14.4 Å². The summed E-state index contributed by atoms with van der Waals surface area (Å²) in [5, 5.41) is 4.19. The van der Waals surface area contributed by atoms with Crippen LogP contribution < -0.4 is 4.72 Å². The molecule has 0 spiro atoms. The van der Waals surface area contributed by atoms with Gasteiger partial charge in [-0.05, 0) is 13.3 Å². The van der Waals surface area contributed by atoms with Crippen molar-refractivity contribution in [3.63, 3.8) is 0 Å². The fourth-order valence-corrected chi connectivity index (χ4v) is 3.02. The SMILES string of the molecule is CCCNS(=O)(=O)N1CCn2nc(C)nc2C1. The Hall–Kier alpha value is -0.990. The molecule has 0 aliphatic carbocycles. The van der Waals surface area contributed by atoms with E-state index in [1.807, 2.05) is 6.92 Å². The third kappa shape index (κ3) is 2.64. The summed E-state index contributed by atoms with van der Waals surface area (Å²) in [6, 6.07) is 0. The first kappa shape index (κ1) is 12.5. The van der Waals surface area contributed by atoms with E-state index in [9.17, 15) is 8.42 Å². The lowest BCUT2D eigenvalue weighted by Gasteiger charge is -2.25. The molecule has 1 aliphatic rings. The highest BCUT2D eigenvalue weighted by Gasteiger charge is 2.27. The molecule has 1 aromatic heterocycles. The lowest BCUT2D eigenvalue weighted by molar-refractivity contribution is 0.317. The fourth-order valence-electron chi connectivity index (χ4n) is 1.77. The van der Waals surface area contributed by atoms with Crippen LogP contribution in [0, 0.1) is 6.92 Å². The van der Waals surface area contributed by atoms with Gasteiger partial charge in [-0.1, -0.05) is 6.92 Å². The predicted octanol–water partition coefficient (Wildman–Crippen LogP) is -0.353. The largest absolute Gasteiger partial charge is 0.279 e. The van der Waals surface area contributed by atoms with Crippen LogP contribution in [-0.2, 0) is 23.3 Å². The minimum absolute atomic E-state index is 0.292. The van der Waals surface area contributed by atoms with Gasteiger partial charge in [0, 0.05) is 13.1 Å². The van der Waals surface area contributed by atoms with Crippen LogP contribution in [0.3, 0.4) is 0 Å². The third-order valence-corrected chi connectivity index (χ3v) is 4.17. The van der Waals surface area contributed by atoms with E-state index in [4.69, 9.17) is 0 Å². The zero-order valence-corrected chi connectivity index (χ0v) is 10.9. The van der Waals surface area contributed by atoms with Crippen molar-refractivity contribution in [1.82, 2.24) is 23.8 Å². The number of fused-ring (bicyclic) bond motifs is 1. The topological polar surface area (TPSA) is 80.1 Å². The maximum absolute atomic E-state index is 11.9. The van der Waals surface area contributed by atoms with Crippen molar-refractivity contribution in [2.45, 2.75) is 33.4 Å². The molecule has 0 saturated carbocycles. The van der Waals surface area contributed by atoms with Crippen LogP contribution in [0.4, 0.5) is 0 Å². The molecule has 17 heavy (non-hydrogen) atoms. The van der Waals surface area contributed by atoms with Crippen LogP contribution in [0.25, 0.3) is 0 Å². The van der Waals surface area contributed by atoms with E-state index >= 15 is 0 Å². The summed E-state index contributed by atoms with van der Waals surface area (Å²) in [6.07, 6.45) is 0.780.